The zero-order valence-corrected chi connectivity index (χ0v) is 22.2. The van der Waals surface area contributed by atoms with E-state index >= 15 is 0 Å². The van der Waals surface area contributed by atoms with E-state index in [2.05, 4.69) is 23.5 Å². The highest BCUT2D eigenvalue weighted by molar-refractivity contribution is 5.96. The molecule has 1 N–H and O–H groups in total. The fourth-order valence-corrected chi connectivity index (χ4v) is 5.39. The number of carbonyl (C=O) groups is 1. The summed E-state index contributed by atoms with van der Waals surface area (Å²) in [5.74, 6) is 2.13. The van der Waals surface area contributed by atoms with E-state index in [0.717, 1.165) is 63.1 Å². The van der Waals surface area contributed by atoms with Gasteiger partial charge in [0.05, 0.1) is 12.1 Å². The van der Waals surface area contributed by atoms with Gasteiger partial charge in [-0.1, -0.05) is 24.3 Å². The van der Waals surface area contributed by atoms with Crippen molar-refractivity contribution in [3.63, 3.8) is 0 Å². The molecule has 1 saturated heterocycles. The molecule has 0 bridgehead atoms. The summed E-state index contributed by atoms with van der Waals surface area (Å²) in [5.41, 5.74) is 3.61. The topological polar surface area (TPSA) is 63.2 Å². The van der Waals surface area contributed by atoms with Crippen LogP contribution in [0.15, 0.2) is 53.2 Å². The van der Waals surface area contributed by atoms with E-state index in [1.807, 2.05) is 31.2 Å². The molecule has 2 fully saturated rings. The third kappa shape index (κ3) is 7.70. The molecule has 2 heterocycles. The lowest BCUT2D eigenvalue weighted by atomic mass is 9.84. The lowest BCUT2D eigenvalue weighted by Gasteiger charge is -2.29. The number of carbonyl (C=O) groups excluding carboxylic acids is 1. The van der Waals surface area contributed by atoms with Crippen molar-refractivity contribution < 1.29 is 14.3 Å². The summed E-state index contributed by atoms with van der Waals surface area (Å²) < 4.78 is 12.0. The Labute approximate surface area is 216 Å². The minimum atomic E-state index is -0.0869. The van der Waals surface area contributed by atoms with Crippen LogP contribution in [0.25, 0.3) is 0 Å². The summed E-state index contributed by atoms with van der Waals surface area (Å²) in [6.07, 6.45) is 17.1. The average Bonchev–Trinajstić information content (AvgIpc) is 3.29. The SMILES string of the molecule is CC(NC(=O)N(C)C)c1ccc(OC2CCC(CC3=NC(C4CCCOCC4)=CCC=C3)CC2)cc1. The number of urea groups is 1. The molecule has 6 nitrogen and oxygen atoms in total. The van der Waals surface area contributed by atoms with Gasteiger partial charge in [-0.2, -0.15) is 0 Å². The predicted molar refractivity (Wildman–Crippen MR) is 146 cm³/mol. The minimum Gasteiger partial charge on any atom is -0.490 e. The molecule has 1 aromatic rings. The van der Waals surface area contributed by atoms with E-state index in [1.54, 1.807) is 19.0 Å². The second-order valence-electron chi connectivity index (χ2n) is 10.7. The molecule has 0 spiro atoms. The first-order chi connectivity index (χ1) is 17.5. The van der Waals surface area contributed by atoms with Gasteiger partial charge >= 0.3 is 6.03 Å². The average molecular weight is 494 g/mol. The van der Waals surface area contributed by atoms with Gasteiger partial charge in [0.15, 0.2) is 0 Å². The van der Waals surface area contributed by atoms with Gasteiger partial charge in [0.25, 0.3) is 0 Å². The van der Waals surface area contributed by atoms with Gasteiger partial charge < -0.3 is 19.7 Å². The Kier molecular flexibility index (Phi) is 9.62. The summed E-state index contributed by atoms with van der Waals surface area (Å²) in [6.45, 7) is 3.75. The first-order valence-corrected chi connectivity index (χ1v) is 13.7. The molecular formula is C30H43N3O3. The van der Waals surface area contributed by atoms with E-state index in [0.29, 0.717) is 11.8 Å². The Morgan fingerprint density at radius 1 is 1.11 bits per heavy atom. The number of ether oxygens (including phenoxy) is 2. The number of hydrogen-bond acceptors (Lipinski definition) is 4. The molecule has 36 heavy (non-hydrogen) atoms. The van der Waals surface area contributed by atoms with E-state index in [-0.39, 0.29) is 18.2 Å². The molecule has 0 aromatic heterocycles. The molecule has 1 saturated carbocycles. The highest BCUT2D eigenvalue weighted by Crippen LogP contribution is 2.32. The number of rotatable bonds is 7. The number of nitrogens with one attached hydrogen (secondary N) is 1. The molecular weight excluding hydrogens is 450 g/mol. The van der Waals surface area contributed by atoms with Gasteiger partial charge in [0.2, 0.25) is 0 Å². The van der Waals surface area contributed by atoms with E-state index < -0.39 is 0 Å². The van der Waals surface area contributed by atoms with E-state index in [9.17, 15) is 4.79 Å². The molecule has 6 heteroatoms. The third-order valence-corrected chi connectivity index (χ3v) is 7.64. The third-order valence-electron chi connectivity index (χ3n) is 7.64. The van der Waals surface area contributed by atoms with Crippen LogP contribution >= 0.6 is 0 Å². The van der Waals surface area contributed by atoms with E-state index in [4.69, 9.17) is 14.5 Å². The lowest BCUT2D eigenvalue weighted by Crippen LogP contribution is -2.36. The number of allylic oxidation sites excluding steroid dienone is 4. The van der Waals surface area contributed by atoms with Crippen molar-refractivity contribution in [2.45, 2.75) is 76.9 Å². The van der Waals surface area contributed by atoms with Crippen LogP contribution in [0.4, 0.5) is 4.79 Å². The number of amides is 2. The molecule has 4 rings (SSSR count). The van der Waals surface area contributed by atoms with E-state index in [1.165, 1.54) is 30.7 Å². The van der Waals surface area contributed by atoms with Crippen LogP contribution in [0.1, 0.15) is 76.3 Å². The lowest BCUT2D eigenvalue weighted by molar-refractivity contribution is 0.133. The van der Waals surface area contributed by atoms with Gasteiger partial charge in [-0.05, 0) is 94.4 Å². The van der Waals surface area contributed by atoms with Gasteiger partial charge in [0, 0.05) is 44.6 Å². The van der Waals surface area contributed by atoms with Crippen LogP contribution in [0, 0.1) is 11.8 Å². The smallest absolute Gasteiger partial charge is 0.317 e. The van der Waals surface area contributed by atoms with Crippen molar-refractivity contribution in [1.82, 2.24) is 10.2 Å². The zero-order chi connectivity index (χ0) is 25.3. The molecule has 0 radical (unpaired) electrons. The summed E-state index contributed by atoms with van der Waals surface area (Å²) in [5, 5.41) is 2.99. The Bertz CT molecular complexity index is 935. The maximum absolute atomic E-state index is 11.9. The monoisotopic (exact) mass is 493 g/mol. The highest BCUT2D eigenvalue weighted by Gasteiger charge is 2.24. The summed E-state index contributed by atoms with van der Waals surface area (Å²) in [4.78, 5) is 18.6. The van der Waals surface area contributed by atoms with Gasteiger partial charge in [-0.3, -0.25) is 4.99 Å². The summed E-state index contributed by atoms with van der Waals surface area (Å²) in [7, 11) is 3.49. The standard InChI is InChI=1S/C30H43N3O3/c1-22(31-30(34)33(2)3)24-12-16-28(17-13-24)36-27-14-10-23(11-15-27)21-26-8-4-5-9-29(32-26)25-7-6-19-35-20-18-25/h4,8-9,12-13,16-17,22-23,25,27H,5-7,10-11,14-15,18-21H2,1-3H3,(H,31,34). The summed E-state index contributed by atoms with van der Waals surface area (Å²) in [6, 6.07) is 8.01. The minimum absolute atomic E-state index is 0.0448. The Hall–Kier alpha value is -2.60. The van der Waals surface area contributed by atoms with Gasteiger partial charge in [0.1, 0.15) is 5.75 Å². The largest absolute Gasteiger partial charge is 0.490 e. The molecule has 196 valence electrons. The second kappa shape index (κ2) is 13.1. The molecule has 2 unspecified atom stereocenters. The normalized spacial score (nSPS) is 25.6. The molecule has 2 amide bonds. The summed E-state index contributed by atoms with van der Waals surface area (Å²) >= 11 is 0. The van der Waals surface area contributed by atoms with Crippen molar-refractivity contribution in [2.75, 3.05) is 27.3 Å². The molecule has 1 aliphatic carbocycles. The van der Waals surface area contributed by atoms with Gasteiger partial charge in [-0.25, -0.2) is 4.79 Å². The maximum atomic E-state index is 11.9. The second-order valence-corrected chi connectivity index (χ2v) is 10.7. The zero-order valence-electron chi connectivity index (χ0n) is 22.2. The predicted octanol–water partition coefficient (Wildman–Crippen LogP) is 6.45. The quantitative estimate of drug-likeness (QED) is 0.475. The van der Waals surface area contributed by atoms with Crippen molar-refractivity contribution in [3.8, 4) is 5.75 Å². The van der Waals surface area contributed by atoms with Crippen LogP contribution in [-0.4, -0.2) is 50.1 Å². The molecule has 2 atom stereocenters. The van der Waals surface area contributed by atoms with Crippen molar-refractivity contribution >= 4 is 11.7 Å². The van der Waals surface area contributed by atoms with Crippen molar-refractivity contribution in [3.05, 3.63) is 53.8 Å². The van der Waals surface area contributed by atoms with Crippen molar-refractivity contribution in [2.24, 2.45) is 16.8 Å². The number of benzene rings is 1. The fourth-order valence-electron chi connectivity index (χ4n) is 5.39. The molecule has 3 aliphatic rings. The Morgan fingerprint density at radius 3 is 2.64 bits per heavy atom. The number of hydrogen-bond donors (Lipinski definition) is 1. The van der Waals surface area contributed by atoms with Crippen LogP contribution < -0.4 is 10.1 Å². The maximum Gasteiger partial charge on any atom is 0.317 e. The first-order valence-electron chi connectivity index (χ1n) is 13.7. The molecule has 1 aromatic carbocycles. The van der Waals surface area contributed by atoms with Crippen LogP contribution in [0.2, 0.25) is 0 Å². The molecule has 2 aliphatic heterocycles. The first kappa shape index (κ1) is 26.5. The fraction of sp³-hybridized carbons (Fsp3) is 0.600. The number of aliphatic imine (C=N–C) groups is 1. The van der Waals surface area contributed by atoms with Gasteiger partial charge in [-0.15, -0.1) is 0 Å². The highest BCUT2D eigenvalue weighted by atomic mass is 16.5. The Balaban J connectivity index is 1.24. The van der Waals surface area contributed by atoms with Crippen LogP contribution in [0.3, 0.4) is 0 Å². The number of nitrogens with zero attached hydrogens (tertiary/aromatic N) is 2. The Morgan fingerprint density at radius 2 is 1.89 bits per heavy atom. The van der Waals surface area contributed by atoms with Crippen molar-refractivity contribution in [1.29, 1.82) is 0 Å². The van der Waals surface area contributed by atoms with Crippen LogP contribution in [0.5, 0.6) is 5.75 Å². The van der Waals surface area contributed by atoms with Crippen LogP contribution in [-0.2, 0) is 4.74 Å².